The zero-order chi connectivity index (χ0) is 14.9. The normalized spacial score (nSPS) is 23.3. The summed E-state index contributed by atoms with van der Waals surface area (Å²) in [5, 5.41) is 7.34. The number of H-pyrrole nitrogens is 1. The van der Waals surface area contributed by atoms with E-state index in [1.165, 1.54) is 12.8 Å². The summed E-state index contributed by atoms with van der Waals surface area (Å²) < 4.78 is 0. The van der Waals surface area contributed by atoms with E-state index in [0.29, 0.717) is 17.5 Å². The Morgan fingerprint density at radius 3 is 2.82 bits per heavy atom. The Hall–Kier alpha value is -1.98. The third-order valence-electron chi connectivity index (χ3n) is 5.06. The fourth-order valence-electron chi connectivity index (χ4n) is 3.90. The predicted molar refractivity (Wildman–Crippen MR) is 82.2 cm³/mol. The second-order valence-electron chi connectivity index (χ2n) is 6.47. The molecule has 6 heteroatoms. The Morgan fingerprint density at radius 1 is 1.14 bits per heavy atom. The van der Waals surface area contributed by atoms with Crippen molar-refractivity contribution in [3.63, 3.8) is 0 Å². The van der Waals surface area contributed by atoms with Gasteiger partial charge >= 0.3 is 0 Å². The standard InChI is InChI=1S/C16H21N5O/c22-16(11-4-1-2-5-11)21-9-3-6-12(10-21)13-14-15(20-19-13)18-8-7-17-14/h7-8,11-12H,1-6,9-10H2,(H,18,19,20). The lowest BCUT2D eigenvalue weighted by molar-refractivity contribution is -0.136. The third kappa shape index (κ3) is 2.36. The average Bonchev–Trinajstić information content (AvgIpc) is 3.24. The molecule has 116 valence electrons. The van der Waals surface area contributed by atoms with Crippen LogP contribution in [-0.4, -0.2) is 44.1 Å². The molecular weight excluding hydrogens is 278 g/mol. The molecule has 1 N–H and O–H groups in total. The fourth-order valence-corrected chi connectivity index (χ4v) is 3.90. The van der Waals surface area contributed by atoms with Gasteiger partial charge in [-0.2, -0.15) is 5.10 Å². The van der Waals surface area contributed by atoms with Crippen molar-refractivity contribution in [3.8, 4) is 0 Å². The fraction of sp³-hybridized carbons (Fsp3) is 0.625. The molecular formula is C16H21N5O. The van der Waals surface area contributed by atoms with E-state index in [4.69, 9.17) is 0 Å². The SMILES string of the molecule is O=C(C1CCCC1)N1CCCC(c2[nH]nc3nccnc23)C1. The number of aromatic nitrogens is 4. The summed E-state index contributed by atoms with van der Waals surface area (Å²) in [6, 6.07) is 0. The van der Waals surface area contributed by atoms with Crippen LogP contribution in [0.25, 0.3) is 11.2 Å². The highest BCUT2D eigenvalue weighted by atomic mass is 16.2. The van der Waals surface area contributed by atoms with Crippen molar-refractivity contribution in [1.29, 1.82) is 0 Å². The number of amides is 1. The molecule has 0 radical (unpaired) electrons. The molecule has 3 heterocycles. The predicted octanol–water partition coefficient (Wildman–Crippen LogP) is 2.25. The van der Waals surface area contributed by atoms with Gasteiger partial charge < -0.3 is 4.90 Å². The molecule has 4 rings (SSSR count). The van der Waals surface area contributed by atoms with Gasteiger partial charge in [0, 0.05) is 37.3 Å². The molecule has 1 unspecified atom stereocenters. The van der Waals surface area contributed by atoms with Gasteiger partial charge in [0.1, 0.15) is 5.52 Å². The van der Waals surface area contributed by atoms with Crippen LogP contribution in [0.1, 0.15) is 50.1 Å². The number of nitrogens with one attached hydrogen (secondary N) is 1. The number of hydrogen-bond acceptors (Lipinski definition) is 4. The number of nitrogens with zero attached hydrogens (tertiary/aromatic N) is 4. The summed E-state index contributed by atoms with van der Waals surface area (Å²) in [5.41, 5.74) is 2.55. The monoisotopic (exact) mass is 299 g/mol. The highest BCUT2D eigenvalue weighted by molar-refractivity contribution is 5.79. The smallest absolute Gasteiger partial charge is 0.225 e. The van der Waals surface area contributed by atoms with E-state index >= 15 is 0 Å². The minimum absolute atomic E-state index is 0.261. The van der Waals surface area contributed by atoms with Crippen molar-refractivity contribution in [1.82, 2.24) is 25.1 Å². The number of piperidine rings is 1. The van der Waals surface area contributed by atoms with Crippen LogP contribution in [0.15, 0.2) is 12.4 Å². The number of aromatic amines is 1. The highest BCUT2D eigenvalue weighted by Gasteiger charge is 2.32. The number of carbonyl (C=O) groups excluding carboxylic acids is 1. The second-order valence-corrected chi connectivity index (χ2v) is 6.47. The first-order valence-corrected chi connectivity index (χ1v) is 8.26. The molecule has 2 aliphatic rings. The third-order valence-corrected chi connectivity index (χ3v) is 5.06. The molecule has 6 nitrogen and oxygen atoms in total. The molecule has 2 aromatic heterocycles. The molecule has 1 amide bonds. The van der Waals surface area contributed by atoms with Crippen LogP contribution >= 0.6 is 0 Å². The van der Waals surface area contributed by atoms with E-state index in [1.807, 2.05) is 0 Å². The van der Waals surface area contributed by atoms with Crippen molar-refractivity contribution in [2.45, 2.75) is 44.4 Å². The lowest BCUT2D eigenvalue weighted by atomic mass is 9.93. The van der Waals surface area contributed by atoms with Crippen LogP contribution in [0.2, 0.25) is 0 Å². The zero-order valence-electron chi connectivity index (χ0n) is 12.7. The van der Waals surface area contributed by atoms with E-state index in [9.17, 15) is 4.79 Å². The summed E-state index contributed by atoms with van der Waals surface area (Å²) >= 11 is 0. The van der Waals surface area contributed by atoms with Gasteiger partial charge in [-0.1, -0.05) is 12.8 Å². The van der Waals surface area contributed by atoms with Crippen molar-refractivity contribution in [2.75, 3.05) is 13.1 Å². The van der Waals surface area contributed by atoms with Crippen molar-refractivity contribution >= 4 is 17.1 Å². The van der Waals surface area contributed by atoms with E-state index in [0.717, 1.165) is 50.0 Å². The molecule has 2 aromatic rings. The Kier molecular flexibility index (Phi) is 3.52. The number of rotatable bonds is 2. The molecule has 0 bridgehead atoms. The van der Waals surface area contributed by atoms with Gasteiger partial charge in [0.15, 0.2) is 5.65 Å². The van der Waals surface area contributed by atoms with Crippen molar-refractivity contribution in [2.24, 2.45) is 5.92 Å². The van der Waals surface area contributed by atoms with E-state index in [1.54, 1.807) is 12.4 Å². The molecule has 1 aliphatic carbocycles. The van der Waals surface area contributed by atoms with Crippen LogP contribution in [0.3, 0.4) is 0 Å². The highest BCUT2D eigenvalue weighted by Crippen LogP contribution is 2.32. The zero-order valence-corrected chi connectivity index (χ0v) is 12.7. The summed E-state index contributed by atoms with van der Waals surface area (Å²) in [4.78, 5) is 23.3. The van der Waals surface area contributed by atoms with Gasteiger partial charge in [-0.25, -0.2) is 9.97 Å². The summed E-state index contributed by atoms with van der Waals surface area (Å²) in [6.45, 7) is 1.67. The van der Waals surface area contributed by atoms with Gasteiger partial charge in [0.05, 0.1) is 5.69 Å². The molecule has 2 fully saturated rings. The van der Waals surface area contributed by atoms with Crippen molar-refractivity contribution in [3.05, 3.63) is 18.1 Å². The molecule has 22 heavy (non-hydrogen) atoms. The first-order valence-electron chi connectivity index (χ1n) is 8.26. The van der Waals surface area contributed by atoms with E-state index < -0.39 is 0 Å². The summed E-state index contributed by atoms with van der Waals surface area (Å²) in [5.74, 6) is 0.912. The number of likely N-dealkylation sites (tertiary alicyclic amines) is 1. The largest absolute Gasteiger partial charge is 0.342 e. The van der Waals surface area contributed by atoms with Gasteiger partial charge in [0.25, 0.3) is 0 Å². The Labute approximate surface area is 129 Å². The van der Waals surface area contributed by atoms with Gasteiger partial charge in [-0.15, -0.1) is 0 Å². The second kappa shape index (κ2) is 5.66. The Balaban J connectivity index is 1.54. The van der Waals surface area contributed by atoms with Gasteiger partial charge in [-0.05, 0) is 25.7 Å². The maximum atomic E-state index is 12.7. The topological polar surface area (TPSA) is 74.8 Å². The van der Waals surface area contributed by atoms with Crippen LogP contribution in [0, 0.1) is 5.92 Å². The summed E-state index contributed by atoms with van der Waals surface area (Å²) in [6.07, 6.45) is 10.0. The Morgan fingerprint density at radius 2 is 1.95 bits per heavy atom. The first-order chi connectivity index (χ1) is 10.8. The van der Waals surface area contributed by atoms with Gasteiger partial charge in [-0.3, -0.25) is 9.89 Å². The molecule has 1 saturated carbocycles. The minimum Gasteiger partial charge on any atom is -0.342 e. The Bertz CT molecular complexity index is 676. The molecule has 0 spiro atoms. The van der Waals surface area contributed by atoms with Crippen LogP contribution in [0.5, 0.6) is 0 Å². The van der Waals surface area contributed by atoms with Crippen molar-refractivity contribution < 1.29 is 4.79 Å². The lowest BCUT2D eigenvalue weighted by Gasteiger charge is -2.34. The maximum Gasteiger partial charge on any atom is 0.225 e. The average molecular weight is 299 g/mol. The van der Waals surface area contributed by atoms with Crippen LogP contribution in [-0.2, 0) is 4.79 Å². The number of carbonyl (C=O) groups is 1. The van der Waals surface area contributed by atoms with E-state index in [-0.39, 0.29) is 5.92 Å². The summed E-state index contributed by atoms with van der Waals surface area (Å²) in [7, 11) is 0. The quantitative estimate of drug-likeness (QED) is 0.923. The van der Waals surface area contributed by atoms with E-state index in [2.05, 4.69) is 25.1 Å². The maximum absolute atomic E-state index is 12.7. The van der Waals surface area contributed by atoms with Gasteiger partial charge in [0.2, 0.25) is 5.91 Å². The first kappa shape index (κ1) is 13.7. The minimum atomic E-state index is 0.261. The molecule has 1 aliphatic heterocycles. The molecule has 1 atom stereocenters. The molecule has 1 saturated heterocycles. The lowest BCUT2D eigenvalue weighted by Crippen LogP contribution is -2.42. The van der Waals surface area contributed by atoms with Crippen LogP contribution in [0.4, 0.5) is 0 Å². The number of fused-ring (bicyclic) bond motifs is 1. The molecule has 0 aromatic carbocycles. The van der Waals surface area contributed by atoms with Crippen LogP contribution < -0.4 is 0 Å². The number of hydrogen-bond donors (Lipinski definition) is 1.